The number of carbonyl (C=O) groups is 1. The van der Waals surface area contributed by atoms with Crippen molar-refractivity contribution in [2.75, 3.05) is 14.2 Å². The highest BCUT2D eigenvalue weighted by molar-refractivity contribution is 5.66. The Morgan fingerprint density at radius 1 is 1.42 bits per heavy atom. The van der Waals surface area contributed by atoms with E-state index in [1.165, 1.54) is 14.2 Å². The van der Waals surface area contributed by atoms with Crippen molar-refractivity contribution in [2.24, 2.45) is 0 Å². The summed E-state index contributed by atoms with van der Waals surface area (Å²) in [5.74, 6) is 0. The molecule has 0 unspecified atom stereocenters. The molecule has 0 aliphatic heterocycles. The lowest BCUT2D eigenvalue weighted by Gasteiger charge is -2.17. The molecule has 0 bridgehead atoms. The van der Waals surface area contributed by atoms with Crippen molar-refractivity contribution < 1.29 is 14.4 Å². The quantitative estimate of drug-likeness (QED) is 0.595. The summed E-state index contributed by atoms with van der Waals surface area (Å²) in [5.41, 5.74) is 0. The predicted octanol–water partition coefficient (Wildman–Crippen LogP) is 1.56. The van der Waals surface area contributed by atoms with Crippen molar-refractivity contribution in [1.82, 2.24) is 5.06 Å². The minimum atomic E-state index is -0.399. The van der Waals surface area contributed by atoms with E-state index in [4.69, 9.17) is 4.74 Å². The van der Waals surface area contributed by atoms with Gasteiger partial charge in [0.15, 0.2) is 0 Å². The number of hydroxylamine groups is 2. The van der Waals surface area contributed by atoms with Gasteiger partial charge in [-0.05, 0) is 25.7 Å². The molecule has 1 amide bonds. The minimum Gasteiger partial charge on any atom is -0.445 e. The predicted molar refractivity (Wildman–Crippen MR) is 43.5 cm³/mol. The lowest BCUT2D eigenvalue weighted by Crippen LogP contribution is -2.29. The lowest BCUT2D eigenvalue weighted by molar-refractivity contribution is -0.0973. The topological polar surface area (TPSA) is 38.8 Å². The van der Waals surface area contributed by atoms with Crippen LogP contribution in [-0.4, -0.2) is 31.4 Å². The molecular formula is C8H15NO3. The molecule has 0 saturated heterocycles. The van der Waals surface area contributed by atoms with Crippen LogP contribution in [0.25, 0.3) is 0 Å². The third-order valence-corrected chi connectivity index (χ3v) is 2.10. The van der Waals surface area contributed by atoms with Crippen molar-refractivity contribution in [2.45, 2.75) is 31.8 Å². The summed E-state index contributed by atoms with van der Waals surface area (Å²) in [6.45, 7) is 0. The summed E-state index contributed by atoms with van der Waals surface area (Å²) in [4.78, 5) is 15.8. The van der Waals surface area contributed by atoms with Crippen LogP contribution in [0.15, 0.2) is 0 Å². The van der Waals surface area contributed by atoms with Crippen LogP contribution < -0.4 is 0 Å². The second-order valence-electron chi connectivity index (χ2n) is 2.97. The highest BCUT2D eigenvalue weighted by Crippen LogP contribution is 2.21. The number of carbonyl (C=O) groups excluding carboxylic acids is 1. The van der Waals surface area contributed by atoms with E-state index in [2.05, 4.69) is 4.84 Å². The highest BCUT2D eigenvalue weighted by atomic mass is 16.7. The number of amides is 1. The highest BCUT2D eigenvalue weighted by Gasteiger charge is 2.20. The summed E-state index contributed by atoms with van der Waals surface area (Å²) in [5, 5.41) is 1.10. The first-order valence-electron chi connectivity index (χ1n) is 4.22. The van der Waals surface area contributed by atoms with E-state index in [1.807, 2.05) is 0 Å². The van der Waals surface area contributed by atoms with E-state index < -0.39 is 6.09 Å². The van der Waals surface area contributed by atoms with E-state index in [-0.39, 0.29) is 6.10 Å². The van der Waals surface area contributed by atoms with Crippen LogP contribution in [-0.2, 0) is 9.57 Å². The third-order valence-electron chi connectivity index (χ3n) is 2.10. The van der Waals surface area contributed by atoms with Crippen molar-refractivity contribution >= 4 is 6.09 Å². The van der Waals surface area contributed by atoms with E-state index >= 15 is 0 Å². The molecule has 1 aliphatic rings. The van der Waals surface area contributed by atoms with Gasteiger partial charge in [-0.1, -0.05) is 0 Å². The molecular weight excluding hydrogens is 158 g/mol. The van der Waals surface area contributed by atoms with Crippen LogP contribution in [0.3, 0.4) is 0 Å². The molecule has 0 spiro atoms. The zero-order valence-electron chi connectivity index (χ0n) is 7.58. The van der Waals surface area contributed by atoms with Gasteiger partial charge in [0.1, 0.15) is 6.10 Å². The van der Waals surface area contributed by atoms with Gasteiger partial charge in [-0.2, -0.15) is 5.06 Å². The molecule has 1 fully saturated rings. The zero-order valence-corrected chi connectivity index (χ0v) is 7.58. The van der Waals surface area contributed by atoms with Gasteiger partial charge in [-0.3, -0.25) is 4.84 Å². The smallest absolute Gasteiger partial charge is 0.433 e. The molecule has 0 N–H and O–H groups in total. The van der Waals surface area contributed by atoms with Gasteiger partial charge in [-0.15, -0.1) is 0 Å². The van der Waals surface area contributed by atoms with Crippen molar-refractivity contribution in [3.63, 3.8) is 0 Å². The van der Waals surface area contributed by atoms with E-state index in [0.717, 1.165) is 30.7 Å². The summed E-state index contributed by atoms with van der Waals surface area (Å²) >= 11 is 0. The van der Waals surface area contributed by atoms with Crippen molar-refractivity contribution in [3.05, 3.63) is 0 Å². The first kappa shape index (κ1) is 9.32. The van der Waals surface area contributed by atoms with Gasteiger partial charge >= 0.3 is 6.09 Å². The molecule has 0 aromatic carbocycles. The van der Waals surface area contributed by atoms with E-state index in [1.54, 1.807) is 0 Å². The number of ether oxygens (including phenoxy) is 1. The normalized spacial score (nSPS) is 17.8. The molecule has 0 aromatic heterocycles. The van der Waals surface area contributed by atoms with Crippen LogP contribution >= 0.6 is 0 Å². The maximum absolute atomic E-state index is 11.1. The molecule has 4 nitrogen and oxygen atoms in total. The number of rotatable bonds is 2. The second kappa shape index (κ2) is 4.30. The minimum absolute atomic E-state index is 0.107. The van der Waals surface area contributed by atoms with E-state index in [9.17, 15) is 4.79 Å². The Morgan fingerprint density at radius 2 is 2.00 bits per heavy atom. The number of hydrogen-bond acceptors (Lipinski definition) is 3. The summed E-state index contributed by atoms with van der Waals surface area (Å²) in [7, 11) is 2.98. The standard InChI is InChI=1S/C8H15NO3/c1-9(11-2)8(10)12-7-5-3-4-6-7/h7H,3-6H2,1-2H3. The molecule has 0 radical (unpaired) electrons. The molecule has 0 aromatic rings. The van der Waals surface area contributed by atoms with Gasteiger partial charge in [-0.25, -0.2) is 4.79 Å². The molecule has 1 aliphatic carbocycles. The zero-order chi connectivity index (χ0) is 8.97. The lowest BCUT2D eigenvalue weighted by atomic mass is 10.3. The van der Waals surface area contributed by atoms with Gasteiger partial charge in [0.25, 0.3) is 0 Å². The van der Waals surface area contributed by atoms with Crippen LogP contribution in [0.5, 0.6) is 0 Å². The SMILES string of the molecule is CON(C)C(=O)OC1CCCC1. The Hall–Kier alpha value is -0.770. The largest absolute Gasteiger partial charge is 0.445 e. The maximum Gasteiger partial charge on any atom is 0.433 e. The summed E-state index contributed by atoms with van der Waals surface area (Å²) in [6.07, 6.45) is 4.01. The fourth-order valence-corrected chi connectivity index (χ4v) is 1.30. The molecule has 0 atom stereocenters. The fraction of sp³-hybridized carbons (Fsp3) is 0.875. The average Bonchev–Trinajstić information content (AvgIpc) is 2.55. The summed E-state index contributed by atoms with van der Waals surface area (Å²) in [6, 6.07) is 0. The van der Waals surface area contributed by atoms with Crippen LogP contribution in [0, 0.1) is 0 Å². The van der Waals surface area contributed by atoms with E-state index in [0.29, 0.717) is 0 Å². The maximum atomic E-state index is 11.1. The molecule has 70 valence electrons. The third kappa shape index (κ3) is 2.37. The van der Waals surface area contributed by atoms with Crippen LogP contribution in [0.1, 0.15) is 25.7 Å². The van der Waals surface area contributed by atoms with Gasteiger partial charge < -0.3 is 4.74 Å². The summed E-state index contributed by atoms with van der Waals surface area (Å²) < 4.78 is 5.13. The van der Waals surface area contributed by atoms with Crippen molar-refractivity contribution in [3.8, 4) is 0 Å². The number of nitrogens with zero attached hydrogens (tertiary/aromatic N) is 1. The molecule has 4 heteroatoms. The Morgan fingerprint density at radius 3 is 2.50 bits per heavy atom. The monoisotopic (exact) mass is 173 g/mol. The first-order chi connectivity index (χ1) is 5.74. The Kier molecular flexibility index (Phi) is 3.34. The molecule has 0 heterocycles. The Labute approximate surface area is 72.4 Å². The molecule has 1 rings (SSSR count). The first-order valence-corrected chi connectivity index (χ1v) is 4.22. The average molecular weight is 173 g/mol. The van der Waals surface area contributed by atoms with Crippen LogP contribution in [0.2, 0.25) is 0 Å². The van der Waals surface area contributed by atoms with Gasteiger partial charge in [0.2, 0.25) is 0 Å². The fourth-order valence-electron chi connectivity index (χ4n) is 1.30. The Bertz CT molecular complexity index is 154. The Balaban J connectivity index is 2.25. The van der Waals surface area contributed by atoms with Gasteiger partial charge in [0, 0.05) is 7.05 Å². The van der Waals surface area contributed by atoms with Gasteiger partial charge in [0.05, 0.1) is 7.11 Å². The molecule has 12 heavy (non-hydrogen) atoms. The second-order valence-corrected chi connectivity index (χ2v) is 2.97. The van der Waals surface area contributed by atoms with Crippen LogP contribution in [0.4, 0.5) is 4.79 Å². The number of hydrogen-bond donors (Lipinski definition) is 0. The molecule has 1 saturated carbocycles. The van der Waals surface area contributed by atoms with Crippen molar-refractivity contribution in [1.29, 1.82) is 0 Å².